The van der Waals surface area contributed by atoms with Crippen LogP contribution in [0.2, 0.25) is 0 Å². The fourth-order valence-corrected chi connectivity index (χ4v) is 13.0. The lowest BCUT2D eigenvalue weighted by Crippen LogP contribution is -2.28. The van der Waals surface area contributed by atoms with Gasteiger partial charge in [-0.05, 0) is 137 Å². The van der Waals surface area contributed by atoms with Crippen molar-refractivity contribution in [3.8, 4) is 55.6 Å². The summed E-state index contributed by atoms with van der Waals surface area (Å²) in [6, 6.07) is 114. The van der Waals surface area contributed by atoms with E-state index in [1.807, 2.05) is 0 Å². The summed E-state index contributed by atoms with van der Waals surface area (Å²) in [4.78, 5) is 2.45. The zero-order valence-electron chi connectivity index (χ0n) is 41.4. The van der Waals surface area contributed by atoms with Gasteiger partial charge in [-0.1, -0.05) is 273 Å². The van der Waals surface area contributed by atoms with E-state index in [2.05, 4.69) is 314 Å². The molecule has 0 amide bonds. The number of anilines is 3. The number of rotatable bonds is 10. The van der Waals surface area contributed by atoms with Crippen molar-refractivity contribution in [1.29, 1.82) is 0 Å². The van der Waals surface area contributed by atoms with Gasteiger partial charge < -0.3 is 4.90 Å². The van der Waals surface area contributed by atoms with Gasteiger partial charge in [0.15, 0.2) is 0 Å². The van der Waals surface area contributed by atoms with E-state index < -0.39 is 10.8 Å². The first-order valence-corrected chi connectivity index (χ1v) is 26.1. The topological polar surface area (TPSA) is 3.24 Å². The Morgan fingerprint density at radius 2 is 0.480 bits per heavy atom. The largest absolute Gasteiger partial charge is 0.310 e. The lowest BCUT2D eigenvalue weighted by atomic mass is 9.67. The lowest BCUT2D eigenvalue weighted by Gasteiger charge is -2.34. The molecule has 0 fully saturated rings. The van der Waals surface area contributed by atoms with Crippen molar-refractivity contribution in [3.63, 3.8) is 0 Å². The molecule has 2 aliphatic carbocycles. The molecular formula is C74H51N. The Labute approximate surface area is 440 Å². The number of hydrogen-bond acceptors (Lipinski definition) is 1. The van der Waals surface area contributed by atoms with E-state index in [0.717, 1.165) is 33.8 Å². The van der Waals surface area contributed by atoms with Gasteiger partial charge in [0.2, 0.25) is 0 Å². The van der Waals surface area contributed by atoms with E-state index >= 15 is 0 Å². The Morgan fingerprint density at radius 3 is 0.880 bits per heavy atom. The van der Waals surface area contributed by atoms with Crippen LogP contribution < -0.4 is 4.90 Å². The minimum absolute atomic E-state index is 0.494. The molecule has 2 aliphatic rings. The second-order valence-corrected chi connectivity index (χ2v) is 19.9. The second-order valence-electron chi connectivity index (χ2n) is 19.9. The molecule has 0 aliphatic heterocycles. The van der Waals surface area contributed by atoms with Crippen LogP contribution in [-0.4, -0.2) is 0 Å². The molecule has 0 saturated heterocycles. The SMILES string of the molecule is c1ccc(-c2cccc(N(c3cccc(-c4cccc5c4-c4ccccc4C5(c4ccccc4)c4ccccc4)c3)c3cccc(-c4cccc5c4-c4ccccc4C5(c4ccccc4)c4ccccc4)c3)c2)cc1. The van der Waals surface area contributed by atoms with Gasteiger partial charge in [-0.2, -0.15) is 0 Å². The summed E-state index contributed by atoms with van der Waals surface area (Å²) in [7, 11) is 0. The third-order valence-electron chi connectivity index (χ3n) is 16.0. The van der Waals surface area contributed by atoms with Crippen molar-refractivity contribution in [2.24, 2.45) is 0 Å². The molecule has 12 aromatic rings. The zero-order chi connectivity index (χ0) is 49.8. The second kappa shape index (κ2) is 18.2. The van der Waals surface area contributed by atoms with Gasteiger partial charge in [-0.25, -0.2) is 0 Å². The Bertz CT molecular complexity index is 3740. The first-order chi connectivity index (χ1) is 37.2. The van der Waals surface area contributed by atoms with Gasteiger partial charge >= 0.3 is 0 Å². The summed E-state index contributed by atoms with van der Waals surface area (Å²) in [5.41, 5.74) is 24.6. The van der Waals surface area contributed by atoms with Crippen molar-refractivity contribution < 1.29 is 0 Å². The molecule has 0 N–H and O–H groups in total. The van der Waals surface area contributed by atoms with Crippen LogP contribution in [0.25, 0.3) is 55.6 Å². The number of nitrogens with zero attached hydrogens (tertiary/aromatic N) is 1. The van der Waals surface area contributed by atoms with E-state index in [1.54, 1.807) is 0 Å². The fourth-order valence-electron chi connectivity index (χ4n) is 13.0. The summed E-state index contributed by atoms with van der Waals surface area (Å²) in [5.74, 6) is 0. The van der Waals surface area contributed by atoms with Crippen LogP contribution in [0.15, 0.2) is 309 Å². The lowest BCUT2D eigenvalue weighted by molar-refractivity contribution is 0.768. The molecule has 14 rings (SSSR count). The van der Waals surface area contributed by atoms with E-state index in [1.165, 1.54) is 83.5 Å². The van der Waals surface area contributed by atoms with E-state index in [0.29, 0.717) is 0 Å². The van der Waals surface area contributed by atoms with Crippen LogP contribution in [0.5, 0.6) is 0 Å². The van der Waals surface area contributed by atoms with Crippen molar-refractivity contribution in [2.45, 2.75) is 10.8 Å². The average molecular weight is 954 g/mol. The van der Waals surface area contributed by atoms with Crippen molar-refractivity contribution >= 4 is 17.1 Å². The third-order valence-corrected chi connectivity index (χ3v) is 16.0. The summed E-state index contributed by atoms with van der Waals surface area (Å²) in [6.07, 6.45) is 0. The zero-order valence-corrected chi connectivity index (χ0v) is 41.4. The fraction of sp³-hybridized carbons (Fsp3) is 0.0270. The molecule has 0 unspecified atom stereocenters. The number of benzene rings is 12. The maximum Gasteiger partial charge on any atom is 0.0713 e. The standard InChI is InChI=1S/C74H51N/c1-6-25-52(26-7-1)53-27-20-38-60(49-53)75(61-39-21-28-54(50-61)63-43-23-47-69-71(63)65-41-16-18-45-67(65)73(69,56-30-8-2-9-31-56)57-32-10-3-11-33-57)62-40-22-29-55(51-62)64-44-24-48-70-72(64)66-42-17-19-46-68(66)74(70,58-34-12-4-13-35-58)59-36-14-5-15-37-59/h1-51H. The van der Waals surface area contributed by atoms with Gasteiger partial charge in [0.25, 0.3) is 0 Å². The minimum Gasteiger partial charge on any atom is -0.310 e. The molecule has 1 heteroatoms. The average Bonchev–Trinajstić information content (AvgIpc) is 4.01. The van der Waals surface area contributed by atoms with Gasteiger partial charge in [0, 0.05) is 17.1 Å². The Hall–Kier alpha value is -9.56. The number of hydrogen-bond donors (Lipinski definition) is 0. The van der Waals surface area contributed by atoms with E-state index in [-0.39, 0.29) is 0 Å². The monoisotopic (exact) mass is 953 g/mol. The highest BCUT2D eigenvalue weighted by molar-refractivity contribution is 5.98. The smallest absolute Gasteiger partial charge is 0.0713 e. The molecule has 0 radical (unpaired) electrons. The predicted octanol–water partition coefficient (Wildman–Crippen LogP) is 18.9. The number of fused-ring (bicyclic) bond motifs is 6. The van der Waals surface area contributed by atoms with Crippen molar-refractivity contribution in [2.75, 3.05) is 4.90 Å². The van der Waals surface area contributed by atoms with Crippen LogP contribution in [0.3, 0.4) is 0 Å². The molecule has 0 saturated carbocycles. The normalized spacial score (nSPS) is 13.3. The molecule has 0 aromatic heterocycles. The van der Waals surface area contributed by atoms with Crippen LogP contribution in [0.1, 0.15) is 44.5 Å². The quantitative estimate of drug-likeness (QED) is 0.132. The van der Waals surface area contributed by atoms with Crippen LogP contribution in [0, 0.1) is 0 Å². The molecule has 75 heavy (non-hydrogen) atoms. The van der Waals surface area contributed by atoms with Crippen LogP contribution in [-0.2, 0) is 10.8 Å². The molecular weight excluding hydrogens is 903 g/mol. The first-order valence-electron chi connectivity index (χ1n) is 26.1. The van der Waals surface area contributed by atoms with Crippen LogP contribution >= 0.6 is 0 Å². The molecule has 12 aromatic carbocycles. The third kappa shape index (κ3) is 6.93. The van der Waals surface area contributed by atoms with E-state index in [4.69, 9.17) is 0 Å². The highest BCUT2D eigenvalue weighted by atomic mass is 15.1. The Kier molecular flexibility index (Phi) is 10.7. The van der Waals surface area contributed by atoms with E-state index in [9.17, 15) is 0 Å². The van der Waals surface area contributed by atoms with Gasteiger partial charge in [-0.15, -0.1) is 0 Å². The maximum absolute atomic E-state index is 2.45. The van der Waals surface area contributed by atoms with Gasteiger partial charge in [-0.3, -0.25) is 0 Å². The van der Waals surface area contributed by atoms with Crippen molar-refractivity contribution in [3.05, 3.63) is 354 Å². The summed E-state index contributed by atoms with van der Waals surface area (Å²) in [6.45, 7) is 0. The Morgan fingerprint density at radius 1 is 0.200 bits per heavy atom. The van der Waals surface area contributed by atoms with Crippen LogP contribution in [0.4, 0.5) is 17.1 Å². The highest BCUT2D eigenvalue weighted by Crippen LogP contribution is 2.60. The maximum atomic E-state index is 2.45. The first kappa shape index (κ1) is 44.2. The van der Waals surface area contributed by atoms with Gasteiger partial charge in [0.1, 0.15) is 0 Å². The molecule has 1 nitrogen and oxygen atoms in total. The molecule has 352 valence electrons. The minimum atomic E-state index is -0.494. The molecule has 0 bridgehead atoms. The summed E-state index contributed by atoms with van der Waals surface area (Å²) in [5, 5.41) is 0. The summed E-state index contributed by atoms with van der Waals surface area (Å²) < 4.78 is 0. The van der Waals surface area contributed by atoms with Gasteiger partial charge in [0.05, 0.1) is 10.8 Å². The molecule has 0 spiro atoms. The van der Waals surface area contributed by atoms with Crippen molar-refractivity contribution in [1.82, 2.24) is 0 Å². The predicted molar refractivity (Wildman–Crippen MR) is 312 cm³/mol. The molecule has 0 heterocycles. The summed E-state index contributed by atoms with van der Waals surface area (Å²) >= 11 is 0. The molecule has 0 atom stereocenters. The Balaban J connectivity index is 0.963. The highest BCUT2D eigenvalue weighted by Gasteiger charge is 2.48.